The minimum Gasteiger partial charge on any atom is -0.361 e. The average Bonchev–Trinajstić information content (AvgIpc) is 2.17. The first kappa shape index (κ1) is 15.4. The van der Waals surface area contributed by atoms with Gasteiger partial charge in [-0.05, 0) is 27.3 Å². The molecule has 0 N–H and O–H groups in total. The smallest absolute Gasteiger partial charge is 0.115 e. The molecule has 1 aliphatic rings. The Labute approximate surface area is 84.3 Å². The van der Waals surface area contributed by atoms with Crippen molar-refractivity contribution in [2.24, 2.45) is 0 Å². The highest BCUT2D eigenvalue weighted by molar-refractivity contribution is 4.71. The summed E-state index contributed by atoms with van der Waals surface area (Å²) in [5, 5.41) is 0. The molecule has 1 saturated heterocycles. The van der Waals surface area contributed by atoms with Gasteiger partial charge in [0, 0.05) is 6.54 Å². The molecule has 2 nitrogen and oxygen atoms in total. The second kappa shape index (κ2) is 8.52. The van der Waals surface area contributed by atoms with Gasteiger partial charge in [0.15, 0.2) is 0 Å². The molecular formula is C11H27NO. The summed E-state index contributed by atoms with van der Waals surface area (Å²) in [5.41, 5.74) is -0.0295. The third-order valence-electron chi connectivity index (χ3n) is 2.01. The van der Waals surface area contributed by atoms with Crippen LogP contribution in [0.1, 0.15) is 48.0 Å². The summed E-state index contributed by atoms with van der Waals surface area (Å²) in [4.78, 5) is 2.23. The van der Waals surface area contributed by atoms with Gasteiger partial charge >= 0.3 is 0 Å². The molecule has 0 aromatic rings. The van der Waals surface area contributed by atoms with Crippen molar-refractivity contribution in [1.82, 2.24) is 4.90 Å². The van der Waals surface area contributed by atoms with Crippen molar-refractivity contribution in [3.05, 3.63) is 0 Å². The Morgan fingerprint density at radius 2 is 1.54 bits per heavy atom. The Kier molecular flexibility index (Phi) is 10.1. The number of rotatable bonds is 0. The van der Waals surface area contributed by atoms with Gasteiger partial charge in [-0.3, -0.25) is 4.90 Å². The maximum absolute atomic E-state index is 5.50. The van der Waals surface area contributed by atoms with Gasteiger partial charge < -0.3 is 4.74 Å². The van der Waals surface area contributed by atoms with Crippen LogP contribution in [0.4, 0.5) is 0 Å². The molecule has 0 amide bonds. The fraction of sp³-hybridized carbons (Fsp3) is 1.00. The molecule has 0 aromatic carbocycles. The van der Waals surface area contributed by atoms with Crippen molar-refractivity contribution in [3.8, 4) is 0 Å². The van der Waals surface area contributed by atoms with E-state index in [4.69, 9.17) is 4.74 Å². The van der Waals surface area contributed by atoms with E-state index in [0.29, 0.717) is 0 Å². The summed E-state index contributed by atoms with van der Waals surface area (Å²) in [6, 6.07) is 0. The van der Waals surface area contributed by atoms with Gasteiger partial charge in [0.2, 0.25) is 0 Å². The molecular weight excluding hydrogens is 162 g/mol. The van der Waals surface area contributed by atoms with Crippen LogP contribution in [0.5, 0.6) is 0 Å². The van der Waals surface area contributed by atoms with Crippen molar-refractivity contribution in [1.29, 1.82) is 0 Å². The zero-order chi connectivity index (χ0) is 10.9. The maximum Gasteiger partial charge on any atom is 0.115 e. The highest BCUT2D eigenvalue weighted by Crippen LogP contribution is 2.18. The third-order valence-corrected chi connectivity index (χ3v) is 2.01. The third kappa shape index (κ3) is 6.05. The molecule has 1 heterocycles. The topological polar surface area (TPSA) is 12.5 Å². The molecule has 82 valence electrons. The summed E-state index contributed by atoms with van der Waals surface area (Å²) < 4.78 is 5.50. The first-order chi connectivity index (χ1) is 6.13. The minimum atomic E-state index is -0.0295. The van der Waals surface area contributed by atoms with Gasteiger partial charge in [-0.25, -0.2) is 0 Å². The molecule has 0 radical (unpaired) electrons. The van der Waals surface area contributed by atoms with E-state index in [2.05, 4.69) is 25.8 Å². The monoisotopic (exact) mass is 189 g/mol. The number of hydrogen-bond acceptors (Lipinski definition) is 2. The Hall–Kier alpha value is -0.0800. The lowest BCUT2D eigenvalue weighted by molar-refractivity contribution is -0.151. The summed E-state index contributed by atoms with van der Waals surface area (Å²) in [7, 11) is 2.10. The summed E-state index contributed by atoms with van der Waals surface area (Å²) >= 11 is 0. The second-order valence-corrected chi connectivity index (χ2v) is 3.07. The molecule has 1 rings (SSSR count). The molecule has 0 aromatic heterocycles. The van der Waals surface area contributed by atoms with Crippen LogP contribution in [-0.4, -0.2) is 30.8 Å². The van der Waals surface area contributed by atoms with E-state index >= 15 is 0 Å². The van der Waals surface area contributed by atoms with Gasteiger partial charge in [0.25, 0.3) is 0 Å². The standard InChI is InChI=1S/C7H15NO.2C2H6/c1-7(2)8(3)5-4-6-9-7;2*1-2/h4-6H2,1-3H3;2*1-2H3. The summed E-state index contributed by atoms with van der Waals surface area (Å²) in [6.07, 6.45) is 1.17. The Balaban J connectivity index is 0. The maximum atomic E-state index is 5.50. The SMILES string of the molecule is CC.CC.CN1CCCOC1(C)C. The lowest BCUT2D eigenvalue weighted by Crippen LogP contribution is -2.47. The van der Waals surface area contributed by atoms with Crippen molar-refractivity contribution >= 4 is 0 Å². The fourth-order valence-electron chi connectivity index (χ4n) is 1.00. The van der Waals surface area contributed by atoms with Crippen molar-refractivity contribution in [2.45, 2.75) is 53.7 Å². The zero-order valence-electron chi connectivity index (χ0n) is 10.5. The van der Waals surface area contributed by atoms with Crippen molar-refractivity contribution < 1.29 is 4.74 Å². The normalized spacial score (nSPS) is 20.5. The molecule has 0 spiro atoms. The molecule has 2 heteroatoms. The van der Waals surface area contributed by atoms with Crippen LogP contribution in [0, 0.1) is 0 Å². The van der Waals surface area contributed by atoms with Crippen LogP contribution in [0.15, 0.2) is 0 Å². The molecule has 1 aliphatic heterocycles. The van der Waals surface area contributed by atoms with E-state index in [9.17, 15) is 0 Å². The molecule has 0 bridgehead atoms. The molecule has 0 unspecified atom stereocenters. The molecule has 0 saturated carbocycles. The van der Waals surface area contributed by atoms with Gasteiger partial charge in [-0.15, -0.1) is 0 Å². The molecule has 13 heavy (non-hydrogen) atoms. The Bertz CT molecular complexity index is 102. The van der Waals surface area contributed by atoms with Crippen molar-refractivity contribution in [3.63, 3.8) is 0 Å². The van der Waals surface area contributed by atoms with Crippen LogP contribution in [0.3, 0.4) is 0 Å². The number of hydrogen-bond donors (Lipinski definition) is 0. The predicted molar refractivity (Wildman–Crippen MR) is 60.0 cm³/mol. The van der Waals surface area contributed by atoms with Crippen LogP contribution >= 0.6 is 0 Å². The van der Waals surface area contributed by atoms with Crippen LogP contribution in [0.25, 0.3) is 0 Å². The van der Waals surface area contributed by atoms with Gasteiger partial charge in [-0.2, -0.15) is 0 Å². The highest BCUT2D eigenvalue weighted by atomic mass is 16.5. The van der Waals surface area contributed by atoms with Gasteiger partial charge in [0.1, 0.15) is 5.72 Å². The van der Waals surface area contributed by atoms with E-state index in [-0.39, 0.29) is 5.72 Å². The lowest BCUT2D eigenvalue weighted by Gasteiger charge is -2.39. The lowest BCUT2D eigenvalue weighted by atomic mass is 10.2. The van der Waals surface area contributed by atoms with E-state index in [0.717, 1.165) is 13.2 Å². The highest BCUT2D eigenvalue weighted by Gasteiger charge is 2.26. The fourth-order valence-corrected chi connectivity index (χ4v) is 1.00. The van der Waals surface area contributed by atoms with E-state index in [1.54, 1.807) is 0 Å². The summed E-state index contributed by atoms with van der Waals surface area (Å²) in [6.45, 7) is 14.3. The van der Waals surface area contributed by atoms with Gasteiger partial charge in [0.05, 0.1) is 6.61 Å². The Morgan fingerprint density at radius 1 is 1.08 bits per heavy atom. The predicted octanol–water partition coefficient (Wildman–Crippen LogP) is 3.13. The van der Waals surface area contributed by atoms with Crippen LogP contribution in [0.2, 0.25) is 0 Å². The number of nitrogens with zero attached hydrogens (tertiary/aromatic N) is 1. The van der Waals surface area contributed by atoms with Crippen LogP contribution in [-0.2, 0) is 4.74 Å². The van der Waals surface area contributed by atoms with Gasteiger partial charge in [-0.1, -0.05) is 27.7 Å². The quantitative estimate of drug-likeness (QED) is 0.580. The second-order valence-electron chi connectivity index (χ2n) is 3.07. The summed E-state index contributed by atoms with van der Waals surface area (Å²) in [5.74, 6) is 0. The van der Waals surface area contributed by atoms with Crippen LogP contribution < -0.4 is 0 Å². The molecule has 0 aliphatic carbocycles. The van der Waals surface area contributed by atoms with E-state index < -0.39 is 0 Å². The Morgan fingerprint density at radius 3 is 1.77 bits per heavy atom. The first-order valence-electron chi connectivity index (χ1n) is 5.48. The molecule has 0 atom stereocenters. The van der Waals surface area contributed by atoms with Crippen molar-refractivity contribution in [2.75, 3.05) is 20.2 Å². The van der Waals surface area contributed by atoms with E-state index in [1.165, 1.54) is 6.42 Å². The average molecular weight is 189 g/mol. The molecule has 1 fully saturated rings. The zero-order valence-corrected chi connectivity index (χ0v) is 10.5. The first-order valence-corrected chi connectivity index (χ1v) is 5.48. The van der Waals surface area contributed by atoms with E-state index in [1.807, 2.05) is 27.7 Å². The number of ether oxygens (including phenoxy) is 1. The largest absolute Gasteiger partial charge is 0.361 e. The minimum absolute atomic E-state index is 0.0295.